The molecule has 0 atom stereocenters. The van der Waals surface area contributed by atoms with Crippen LogP contribution >= 0.6 is 31.9 Å². The molecular formula is C14H12Br2N2O2. The molecule has 0 unspecified atom stereocenters. The minimum absolute atomic E-state index is 0.206. The highest BCUT2D eigenvalue weighted by Crippen LogP contribution is 2.28. The largest absolute Gasteiger partial charge is 0.496 e. The van der Waals surface area contributed by atoms with Gasteiger partial charge in [0.25, 0.3) is 5.91 Å². The SMILES string of the molecule is COc1ccc(NC(=O)c2ccc(N)c(Br)c2)cc1Br. The van der Waals surface area contributed by atoms with E-state index in [0.29, 0.717) is 27.2 Å². The summed E-state index contributed by atoms with van der Waals surface area (Å²) in [5, 5.41) is 2.81. The minimum Gasteiger partial charge on any atom is -0.496 e. The number of nitrogens with one attached hydrogen (secondary N) is 1. The van der Waals surface area contributed by atoms with Crippen LogP contribution in [0, 0.1) is 0 Å². The summed E-state index contributed by atoms with van der Waals surface area (Å²) >= 11 is 6.68. The Balaban J connectivity index is 2.19. The lowest BCUT2D eigenvalue weighted by molar-refractivity contribution is 0.102. The van der Waals surface area contributed by atoms with E-state index < -0.39 is 0 Å². The average molecular weight is 400 g/mol. The Hall–Kier alpha value is -1.53. The Morgan fingerprint density at radius 3 is 2.50 bits per heavy atom. The summed E-state index contributed by atoms with van der Waals surface area (Å²) in [5.74, 6) is 0.501. The van der Waals surface area contributed by atoms with Crippen LogP contribution in [0.4, 0.5) is 11.4 Å². The molecule has 1 amide bonds. The first-order valence-corrected chi connectivity index (χ1v) is 7.30. The predicted molar refractivity (Wildman–Crippen MR) is 87.2 cm³/mol. The zero-order valence-corrected chi connectivity index (χ0v) is 13.8. The number of rotatable bonds is 3. The van der Waals surface area contributed by atoms with Crippen LogP contribution in [0.25, 0.3) is 0 Å². The molecule has 2 aromatic carbocycles. The molecule has 0 aliphatic heterocycles. The fourth-order valence-electron chi connectivity index (χ4n) is 1.62. The average Bonchev–Trinajstić information content (AvgIpc) is 2.42. The summed E-state index contributed by atoms with van der Waals surface area (Å²) in [4.78, 5) is 12.1. The van der Waals surface area contributed by atoms with E-state index in [1.807, 2.05) is 0 Å². The summed E-state index contributed by atoms with van der Waals surface area (Å²) in [5.41, 5.74) is 7.49. The second kappa shape index (κ2) is 6.28. The van der Waals surface area contributed by atoms with Gasteiger partial charge in [0.2, 0.25) is 0 Å². The lowest BCUT2D eigenvalue weighted by atomic mass is 10.2. The number of nitrogens with two attached hydrogens (primary N) is 1. The molecule has 0 aliphatic carbocycles. The maximum atomic E-state index is 12.1. The first kappa shape index (κ1) is 14.9. The van der Waals surface area contributed by atoms with Crippen molar-refractivity contribution in [1.82, 2.24) is 0 Å². The number of methoxy groups -OCH3 is 1. The molecule has 0 spiro atoms. The van der Waals surface area contributed by atoms with Crippen molar-refractivity contribution in [3.63, 3.8) is 0 Å². The molecule has 104 valence electrons. The zero-order chi connectivity index (χ0) is 14.7. The van der Waals surface area contributed by atoms with E-state index in [2.05, 4.69) is 37.2 Å². The number of carbonyl (C=O) groups is 1. The molecule has 0 aliphatic rings. The minimum atomic E-state index is -0.206. The van der Waals surface area contributed by atoms with Gasteiger partial charge < -0.3 is 15.8 Å². The van der Waals surface area contributed by atoms with Crippen molar-refractivity contribution in [3.8, 4) is 5.75 Å². The van der Waals surface area contributed by atoms with E-state index in [0.717, 1.165) is 4.47 Å². The zero-order valence-electron chi connectivity index (χ0n) is 10.6. The number of anilines is 2. The molecule has 20 heavy (non-hydrogen) atoms. The molecular weight excluding hydrogens is 388 g/mol. The van der Waals surface area contributed by atoms with Crippen LogP contribution < -0.4 is 15.8 Å². The second-order valence-electron chi connectivity index (χ2n) is 4.04. The maximum absolute atomic E-state index is 12.1. The highest BCUT2D eigenvalue weighted by molar-refractivity contribution is 9.11. The van der Waals surface area contributed by atoms with Crippen LogP contribution in [0.15, 0.2) is 45.3 Å². The molecule has 3 N–H and O–H groups in total. The number of ether oxygens (including phenoxy) is 1. The van der Waals surface area contributed by atoms with E-state index in [1.165, 1.54) is 0 Å². The number of hydrogen-bond donors (Lipinski definition) is 2. The number of carbonyl (C=O) groups excluding carboxylic acids is 1. The van der Waals surface area contributed by atoms with Crippen LogP contribution in [-0.2, 0) is 0 Å². The lowest BCUT2D eigenvalue weighted by Crippen LogP contribution is -2.12. The summed E-state index contributed by atoms with van der Waals surface area (Å²) in [6, 6.07) is 10.4. The maximum Gasteiger partial charge on any atom is 0.255 e. The summed E-state index contributed by atoms with van der Waals surface area (Å²) in [6.45, 7) is 0. The smallest absolute Gasteiger partial charge is 0.255 e. The van der Waals surface area contributed by atoms with Crippen LogP contribution in [0.2, 0.25) is 0 Å². The molecule has 0 radical (unpaired) electrons. The predicted octanol–water partition coefficient (Wildman–Crippen LogP) is 4.05. The van der Waals surface area contributed by atoms with Gasteiger partial charge >= 0.3 is 0 Å². The number of halogens is 2. The first-order chi connectivity index (χ1) is 9.51. The van der Waals surface area contributed by atoms with Gasteiger partial charge in [-0.3, -0.25) is 4.79 Å². The van der Waals surface area contributed by atoms with E-state index in [1.54, 1.807) is 43.5 Å². The molecule has 6 heteroatoms. The van der Waals surface area contributed by atoms with Gasteiger partial charge in [-0.2, -0.15) is 0 Å². The van der Waals surface area contributed by atoms with Crippen LogP contribution in [0.1, 0.15) is 10.4 Å². The summed E-state index contributed by atoms with van der Waals surface area (Å²) < 4.78 is 6.61. The van der Waals surface area contributed by atoms with E-state index in [9.17, 15) is 4.79 Å². The molecule has 0 saturated carbocycles. The third-order valence-electron chi connectivity index (χ3n) is 2.67. The van der Waals surface area contributed by atoms with Crippen molar-refractivity contribution >= 4 is 49.1 Å². The molecule has 0 fully saturated rings. The normalized spacial score (nSPS) is 10.2. The van der Waals surface area contributed by atoms with Crippen molar-refractivity contribution in [1.29, 1.82) is 0 Å². The Kier molecular flexibility index (Phi) is 4.67. The quantitative estimate of drug-likeness (QED) is 0.765. The Morgan fingerprint density at radius 2 is 1.90 bits per heavy atom. The third kappa shape index (κ3) is 3.32. The van der Waals surface area contributed by atoms with Crippen molar-refractivity contribution in [3.05, 3.63) is 50.9 Å². The van der Waals surface area contributed by atoms with Gasteiger partial charge in [-0.25, -0.2) is 0 Å². The topological polar surface area (TPSA) is 64.3 Å². The van der Waals surface area contributed by atoms with Crippen LogP contribution in [-0.4, -0.2) is 13.0 Å². The molecule has 4 nitrogen and oxygen atoms in total. The molecule has 0 saturated heterocycles. The van der Waals surface area contributed by atoms with Crippen LogP contribution in [0.5, 0.6) is 5.75 Å². The number of hydrogen-bond acceptors (Lipinski definition) is 3. The van der Waals surface area contributed by atoms with Crippen molar-refractivity contribution in [2.45, 2.75) is 0 Å². The van der Waals surface area contributed by atoms with E-state index in [4.69, 9.17) is 10.5 Å². The third-order valence-corrected chi connectivity index (χ3v) is 3.98. The summed E-state index contributed by atoms with van der Waals surface area (Å²) in [6.07, 6.45) is 0. The molecule has 2 aromatic rings. The fourth-order valence-corrected chi connectivity index (χ4v) is 2.54. The highest BCUT2D eigenvalue weighted by atomic mass is 79.9. The standard InChI is InChI=1S/C14H12Br2N2O2/c1-20-13-5-3-9(7-11(13)16)18-14(19)8-2-4-12(17)10(15)6-8/h2-7H,17H2,1H3,(H,18,19). The van der Waals surface area contributed by atoms with Crippen molar-refractivity contribution in [2.75, 3.05) is 18.2 Å². The first-order valence-electron chi connectivity index (χ1n) is 5.71. The second-order valence-corrected chi connectivity index (χ2v) is 5.75. The number of benzene rings is 2. The van der Waals surface area contributed by atoms with Crippen molar-refractivity contribution < 1.29 is 9.53 Å². The van der Waals surface area contributed by atoms with Crippen LogP contribution in [0.3, 0.4) is 0 Å². The monoisotopic (exact) mass is 398 g/mol. The lowest BCUT2D eigenvalue weighted by Gasteiger charge is -2.09. The van der Waals surface area contributed by atoms with Gasteiger partial charge in [0.1, 0.15) is 5.75 Å². The van der Waals surface area contributed by atoms with Gasteiger partial charge in [-0.15, -0.1) is 0 Å². The Labute approximate surface area is 133 Å². The Morgan fingerprint density at radius 1 is 1.15 bits per heavy atom. The van der Waals surface area contributed by atoms with Gasteiger partial charge in [-0.1, -0.05) is 0 Å². The highest BCUT2D eigenvalue weighted by Gasteiger charge is 2.09. The van der Waals surface area contributed by atoms with E-state index >= 15 is 0 Å². The van der Waals surface area contributed by atoms with E-state index in [-0.39, 0.29) is 5.91 Å². The summed E-state index contributed by atoms with van der Waals surface area (Å²) in [7, 11) is 1.59. The molecule has 0 aromatic heterocycles. The molecule has 0 bridgehead atoms. The van der Waals surface area contributed by atoms with Gasteiger partial charge in [0.05, 0.1) is 11.6 Å². The van der Waals surface area contributed by atoms with Gasteiger partial charge in [0, 0.05) is 21.4 Å². The molecule has 0 heterocycles. The fraction of sp³-hybridized carbons (Fsp3) is 0.0714. The number of amides is 1. The Bertz CT molecular complexity index is 660. The van der Waals surface area contributed by atoms with Crippen molar-refractivity contribution in [2.24, 2.45) is 0 Å². The number of nitrogen functional groups attached to an aromatic ring is 1. The van der Waals surface area contributed by atoms with Gasteiger partial charge in [0.15, 0.2) is 0 Å². The molecule has 2 rings (SSSR count). The van der Waals surface area contributed by atoms with Gasteiger partial charge in [-0.05, 0) is 68.3 Å².